The number of rotatable bonds is 2. The highest BCUT2D eigenvalue weighted by Crippen LogP contribution is 2.21. The maximum absolute atomic E-state index is 12.5. The lowest BCUT2D eigenvalue weighted by molar-refractivity contribution is -0.143. The number of aromatic nitrogens is 2. The third-order valence-electron chi connectivity index (χ3n) is 3.80. The maximum Gasteiger partial charge on any atom is 0.308 e. The smallest absolute Gasteiger partial charge is 0.308 e. The van der Waals surface area contributed by atoms with Crippen LogP contribution in [0.3, 0.4) is 0 Å². The molecule has 0 aromatic carbocycles. The fourth-order valence-electron chi connectivity index (χ4n) is 2.78. The van der Waals surface area contributed by atoms with Gasteiger partial charge in [0.2, 0.25) is 0 Å². The average molecular weight is 293 g/mol. The Balaban J connectivity index is 2.19. The number of carboxylic acid groups (broad SMARTS) is 1. The summed E-state index contributed by atoms with van der Waals surface area (Å²) >= 11 is 0. The summed E-state index contributed by atoms with van der Waals surface area (Å²) in [5, 5.41) is 13.5. The van der Waals surface area contributed by atoms with Crippen molar-refractivity contribution >= 4 is 11.9 Å². The van der Waals surface area contributed by atoms with Crippen molar-refractivity contribution in [3.8, 4) is 0 Å². The van der Waals surface area contributed by atoms with Crippen molar-refractivity contribution < 1.29 is 14.7 Å². The van der Waals surface area contributed by atoms with Crippen molar-refractivity contribution in [2.24, 2.45) is 5.92 Å². The highest BCUT2D eigenvalue weighted by molar-refractivity contribution is 5.92. The Kier molecular flexibility index (Phi) is 4.07. The number of carbonyl (C=O) groups is 2. The molecule has 0 spiro atoms. The minimum atomic E-state index is -0.830. The number of aliphatic carboxylic acids is 1. The number of aryl methyl sites for hydroxylation is 1. The van der Waals surface area contributed by atoms with Crippen molar-refractivity contribution in [1.29, 1.82) is 0 Å². The number of carboxylic acids is 1. The summed E-state index contributed by atoms with van der Waals surface area (Å²) < 4.78 is 1.83. The zero-order valence-corrected chi connectivity index (χ0v) is 13.1. The molecule has 116 valence electrons. The first kappa shape index (κ1) is 15.5. The summed E-state index contributed by atoms with van der Waals surface area (Å²) in [6, 6.07) is 1.78. The van der Waals surface area contributed by atoms with E-state index in [0.717, 1.165) is 12.1 Å². The summed E-state index contributed by atoms with van der Waals surface area (Å²) in [7, 11) is 0. The van der Waals surface area contributed by atoms with Crippen LogP contribution >= 0.6 is 0 Å². The molecular weight excluding hydrogens is 270 g/mol. The fourth-order valence-corrected chi connectivity index (χ4v) is 2.78. The minimum Gasteiger partial charge on any atom is -0.481 e. The lowest BCUT2D eigenvalue weighted by Gasteiger charge is -2.30. The molecule has 1 aromatic heterocycles. The molecule has 0 unspecified atom stereocenters. The summed E-state index contributed by atoms with van der Waals surface area (Å²) in [5.74, 6) is -1.47. The average Bonchev–Trinajstić information content (AvgIpc) is 2.80. The number of hydrogen-bond acceptors (Lipinski definition) is 3. The van der Waals surface area contributed by atoms with Crippen molar-refractivity contribution in [1.82, 2.24) is 14.7 Å². The first-order chi connectivity index (χ1) is 9.70. The van der Waals surface area contributed by atoms with Crippen LogP contribution in [-0.4, -0.2) is 44.8 Å². The second kappa shape index (κ2) is 5.50. The lowest BCUT2D eigenvalue weighted by atomic mass is 9.98. The van der Waals surface area contributed by atoms with Crippen molar-refractivity contribution in [3.05, 3.63) is 17.5 Å². The summed E-state index contributed by atoms with van der Waals surface area (Å²) in [5.41, 5.74) is 1.14. The summed E-state index contributed by atoms with van der Waals surface area (Å²) in [6.07, 6.45) is 1.36. The van der Waals surface area contributed by atoms with E-state index < -0.39 is 11.9 Å². The first-order valence-corrected chi connectivity index (χ1v) is 7.29. The van der Waals surface area contributed by atoms with Gasteiger partial charge in [0.15, 0.2) is 5.69 Å². The van der Waals surface area contributed by atoms with Gasteiger partial charge in [0.1, 0.15) is 0 Å². The van der Waals surface area contributed by atoms with E-state index in [1.165, 1.54) is 0 Å². The van der Waals surface area contributed by atoms with Gasteiger partial charge in [-0.05, 0) is 46.6 Å². The van der Waals surface area contributed by atoms with Gasteiger partial charge < -0.3 is 10.0 Å². The van der Waals surface area contributed by atoms with E-state index in [1.54, 1.807) is 11.0 Å². The van der Waals surface area contributed by atoms with Crippen molar-refractivity contribution in [3.63, 3.8) is 0 Å². The van der Waals surface area contributed by atoms with Gasteiger partial charge in [-0.2, -0.15) is 5.10 Å². The van der Waals surface area contributed by atoms with E-state index >= 15 is 0 Å². The van der Waals surface area contributed by atoms with Gasteiger partial charge in [-0.3, -0.25) is 14.3 Å². The zero-order valence-electron chi connectivity index (χ0n) is 13.1. The van der Waals surface area contributed by atoms with Crippen LogP contribution in [0.25, 0.3) is 0 Å². The van der Waals surface area contributed by atoms with Crippen LogP contribution in [0.1, 0.15) is 49.8 Å². The van der Waals surface area contributed by atoms with Crippen LogP contribution in [-0.2, 0) is 10.3 Å². The number of piperidine rings is 1. The molecule has 0 bridgehead atoms. The van der Waals surface area contributed by atoms with E-state index in [9.17, 15) is 9.59 Å². The molecule has 1 aromatic rings. The lowest BCUT2D eigenvalue weighted by Crippen LogP contribution is -2.42. The molecule has 6 heteroatoms. The molecule has 1 atom stereocenters. The fraction of sp³-hybridized carbons (Fsp3) is 0.667. The van der Waals surface area contributed by atoms with Crippen LogP contribution < -0.4 is 0 Å². The predicted molar refractivity (Wildman–Crippen MR) is 78.2 cm³/mol. The second-order valence-corrected chi connectivity index (χ2v) is 6.68. The van der Waals surface area contributed by atoms with Crippen LogP contribution in [0.15, 0.2) is 6.07 Å². The third kappa shape index (κ3) is 3.25. The number of amides is 1. The molecule has 1 amide bonds. The minimum absolute atomic E-state index is 0.174. The molecule has 0 radical (unpaired) electrons. The predicted octanol–water partition coefficient (Wildman–Crippen LogP) is 1.88. The number of likely N-dealkylation sites (tertiary alicyclic amines) is 1. The molecule has 21 heavy (non-hydrogen) atoms. The molecular formula is C15H23N3O3. The molecule has 1 aliphatic rings. The standard InChI is InChI=1S/C15H23N3O3/c1-10-8-12(16-18(10)15(2,3)4)13(19)17-7-5-6-11(9-17)14(20)21/h8,11H,5-7,9H2,1-4H3,(H,20,21)/t11-/m0/s1. The van der Waals surface area contributed by atoms with E-state index in [0.29, 0.717) is 18.7 Å². The van der Waals surface area contributed by atoms with Gasteiger partial charge in [0.05, 0.1) is 11.5 Å². The number of carbonyl (C=O) groups excluding carboxylic acids is 1. The van der Waals surface area contributed by atoms with Gasteiger partial charge >= 0.3 is 5.97 Å². The Morgan fingerprint density at radius 3 is 2.57 bits per heavy atom. The summed E-state index contributed by atoms with van der Waals surface area (Å²) in [6.45, 7) is 8.89. The van der Waals surface area contributed by atoms with Crippen LogP contribution in [0.4, 0.5) is 0 Å². The van der Waals surface area contributed by atoms with E-state index in [4.69, 9.17) is 5.11 Å². The topological polar surface area (TPSA) is 75.4 Å². The van der Waals surface area contributed by atoms with Crippen LogP contribution in [0.5, 0.6) is 0 Å². The first-order valence-electron chi connectivity index (χ1n) is 7.29. The van der Waals surface area contributed by atoms with Gasteiger partial charge in [-0.15, -0.1) is 0 Å². The monoisotopic (exact) mass is 293 g/mol. The number of hydrogen-bond donors (Lipinski definition) is 1. The van der Waals surface area contributed by atoms with Gasteiger partial charge in [-0.1, -0.05) is 0 Å². The quantitative estimate of drug-likeness (QED) is 0.903. The zero-order chi connectivity index (χ0) is 15.8. The Bertz CT molecular complexity index is 557. The second-order valence-electron chi connectivity index (χ2n) is 6.68. The molecule has 1 fully saturated rings. The Morgan fingerprint density at radius 1 is 1.38 bits per heavy atom. The molecule has 1 saturated heterocycles. The molecule has 0 saturated carbocycles. The Labute approximate surface area is 124 Å². The van der Waals surface area contributed by atoms with Crippen molar-refractivity contribution in [2.45, 2.75) is 46.1 Å². The third-order valence-corrected chi connectivity index (χ3v) is 3.80. The van der Waals surface area contributed by atoms with Crippen LogP contribution in [0.2, 0.25) is 0 Å². The molecule has 1 aliphatic heterocycles. The van der Waals surface area contributed by atoms with E-state index in [-0.39, 0.29) is 18.0 Å². The van der Waals surface area contributed by atoms with E-state index in [2.05, 4.69) is 5.10 Å². The molecule has 2 heterocycles. The summed E-state index contributed by atoms with van der Waals surface area (Å²) in [4.78, 5) is 25.2. The normalized spacial score (nSPS) is 19.6. The Morgan fingerprint density at radius 2 is 2.05 bits per heavy atom. The van der Waals surface area contributed by atoms with E-state index in [1.807, 2.05) is 32.4 Å². The highest BCUT2D eigenvalue weighted by atomic mass is 16.4. The maximum atomic E-state index is 12.5. The molecule has 1 N–H and O–H groups in total. The molecule has 0 aliphatic carbocycles. The number of nitrogens with zero attached hydrogens (tertiary/aromatic N) is 3. The Hall–Kier alpha value is -1.85. The highest BCUT2D eigenvalue weighted by Gasteiger charge is 2.30. The van der Waals surface area contributed by atoms with Gasteiger partial charge in [0.25, 0.3) is 5.91 Å². The largest absolute Gasteiger partial charge is 0.481 e. The molecule has 2 rings (SSSR count). The van der Waals surface area contributed by atoms with Gasteiger partial charge in [0, 0.05) is 18.8 Å². The van der Waals surface area contributed by atoms with Gasteiger partial charge in [-0.25, -0.2) is 0 Å². The SMILES string of the molecule is Cc1cc(C(=O)N2CCC[C@H](C(=O)O)C2)nn1C(C)(C)C. The molecule has 6 nitrogen and oxygen atoms in total. The van der Waals surface area contributed by atoms with Crippen molar-refractivity contribution in [2.75, 3.05) is 13.1 Å². The van der Waals surface area contributed by atoms with Crippen LogP contribution in [0, 0.1) is 12.8 Å².